The highest BCUT2D eigenvalue weighted by atomic mass is 16.5. The van der Waals surface area contributed by atoms with Crippen LogP contribution in [0.5, 0.6) is 0 Å². The lowest BCUT2D eigenvalue weighted by atomic mass is 9.85. The smallest absolute Gasteiger partial charge is 0.162 e. The molecule has 5 nitrogen and oxygen atoms in total. The van der Waals surface area contributed by atoms with E-state index in [9.17, 15) is 0 Å². The normalized spacial score (nSPS) is 22.5. The lowest BCUT2D eigenvalue weighted by molar-refractivity contribution is -0.0838. The van der Waals surface area contributed by atoms with Gasteiger partial charge in [0.1, 0.15) is 6.61 Å². The van der Waals surface area contributed by atoms with Gasteiger partial charge in [0.05, 0.1) is 24.4 Å². The van der Waals surface area contributed by atoms with Crippen LogP contribution >= 0.6 is 0 Å². The molecule has 100 valence electrons. The first-order valence-corrected chi connectivity index (χ1v) is 6.58. The van der Waals surface area contributed by atoms with E-state index in [4.69, 9.17) is 14.0 Å². The first-order valence-electron chi connectivity index (χ1n) is 6.58. The zero-order valence-electron chi connectivity index (χ0n) is 10.8. The second-order valence-electron chi connectivity index (χ2n) is 5.44. The van der Waals surface area contributed by atoms with E-state index in [1.54, 1.807) is 7.11 Å². The number of hydrogen-bond donors (Lipinski definition) is 1. The van der Waals surface area contributed by atoms with Crippen LogP contribution < -0.4 is 5.32 Å². The monoisotopic (exact) mass is 252 g/mol. The summed E-state index contributed by atoms with van der Waals surface area (Å²) in [5.74, 6) is 0.784. The van der Waals surface area contributed by atoms with Crippen LogP contribution in [0.4, 0.5) is 0 Å². The predicted octanol–water partition coefficient (Wildman–Crippen LogP) is 1.27. The standard InChI is InChI=1S/C13H20N2O3/c1-16-7-12-5-11(15-18-12)6-13(8-17-9-13)14-10-3-2-4-10/h5,10,14H,2-4,6-9H2,1H3. The molecule has 2 aliphatic rings. The summed E-state index contributed by atoms with van der Waals surface area (Å²) in [7, 11) is 1.65. The molecule has 1 saturated carbocycles. The Labute approximate surface area is 107 Å². The summed E-state index contributed by atoms with van der Waals surface area (Å²) in [6.45, 7) is 2.03. The van der Waals surface area contributed by atoms with E-state index < -0.39 is 0 Å². The number of ether oxygens (including phenoxy) is 2. The van der Waals surface area contributed by atoms with E-state index >= 15 is 0 Å². The van der Waals surface area contributed by atoms with Gasteiger partial charge in [-0.3, -0.25) is 0 Å². The zero-order valence-corrected chi connectivity index (χ0v) is 10.8. The number of aromatic nitrogens is 1. The second-order valence-corrected chi connectivity index (χ2v) is 5.44. The molecule has 0 atom stereocenters. The molecular weight excluding hydrogens is 232 g/mol. The highest BCUT2D eigenvalue weighted by Gasteiger charge is 2.41. The summed E-state index contributed by atoms with van der Waals surface area (Å²) < 4.78 is 15.6. The Morgan fingerprint density at radius 3 is 2.89 bits per heavy atom. The minimum atomic E-state index is 0.0757. The van der Waals surface area contributed by atoms with Crippen LogP contribution in [0.2, 0.25) is 0 Å². The maximum atomic E-state index is 5.39. The molecule has 3 rings (SSSR count). The Morgan fingerprint density at radius 1 is 1.50 bits per heavy atom. The van der Waals surface area contributed by atoms with E-state index in [1.807, 2.05) is 6.07 Å². The summed E-state index contributed by atoms with van der Waals surface area (Å²) in [6, 6.07) is 2.64. The van der Waals surface area contributed by atoms with Crippen LogP contribution in [-0.4, -0.2) is 37.1 Å². The van der Waals surface area contributed by atoms with Gasteiger partial charge in [-0.15, -0.1) is 0 Å². The Morgan fingerprint density at radius 2 is 2.33 bits per heavy atom. The van der Waals surface area contributed by atoms with Gasteiger partial charge in [-0.25, -0.2) is 0 Å². The first kappa shape index (κ1) is 12.1. The minimum Gasteiger partial charge on any atom is -0.377 e. The van der Waals surface area contributed by atoms with Crippen LogP contribution in [0.1, 0.15) is 30.7 Å². The van der Waals surface area contributed by atoms with Crippen LogP contribution in [0.25, 0.3) is 0 Å². The molecule has 1 aliphatic heterocycles. The molecule has 0 unspecified atom stereocenters. The lowest BCUT2D eigenvalue weighted by Crippen LogP contribution is -2.65. The van der Waals surface area contributed by atoms with Crippen molar-refractivity contribution in [3.63, 3.8) is 0 Å². The van der Waals surface area contributed by atoms with Crippen molar-refractivity contribution >= 4 is 0 Å². The van der Waals surface area contributed by atoms with Gasteiger partial charge in [0, 0.05) is 25.6 Å². The summed E-state index contributed by atoms with van der Waals surface area (Å²) in [6.07, 6.45) is 4.79. The van der Waals surface area contributed by atoms with Crippen LogP contribution in [0, 0.1) is 0 Å². The maximum absolute atomic E-state index is 5.39. The average molecular weight is 252 g/mol. The van der Waals surface area contributed by atoms with Crippen molar-refractivity contribution in [1.82, 2.24) is 10.5 Å². The van der Waals surface area contributed by atoms with Gasteiger partial charge >= 0.3 is 0 Å². The van der Waals surface area contributed by atoms with E-state index in [2.05, 4.69) is 10.5 Å². The van der Waals surface area contributed by atoms with Crippen molar-refractivity contribution in [1.29, 1.82) is 0 Å². The summed E-state index contributed by atoms with van der Waals surface area (Å²) in [5.41, 5.74) is 1.06. The predicted molar refractivity (Wildman–Crippen MR) is 65.2 cm³/mol. The molecule has 0 bridgehead atoms. The molecule has 1 aromatic rings. The third-order valence-corrected chi connectivity index (χ3v) is 3.79. The van der Waals surface area contributed by atoms with Gasteiger partial charge in [-0.05, 0) is 12.8 Å². The van der Waals surface area contributed by atoms with Gasteiger partial charge < -0.3 is 19.3 Å². The van der Waals surface area contributed by atoms with E-state index in [0.29, 0.717) is 12.6 Å². The molecule has 2 fully saturated rings. The molecule has 18 heavy (non-hydrogen) atoms. The topological polar surface area (TPSA) is 56.5 Å². The van der Waals surface area contributed by atoms with E-state index in [1.165, 1.54) is 19.3 Å². The molecule has 0 spiro atoms. The molecule has 2 heterocycles. The Hall–Kier alpha value is -0.910. The maximum Gasteiger partial charge on any atom is 0.162 e. The molecule has 1 saturated heterocycles. The number of methoxy groups -OCH3 is 1. The third-order valence-electron chi connectivity index (χ3n) is 3.79. The van der Waals surface area contributed by atoms with Crippen molar-refractivity contribution in [2.75, 3.05) is 20.3 Å². The molecule has 1 aliphatic carbocycles. The number of nitrogens with zero attached hydrogens (tertiary/aromatic N) is 1. The first-order chi connectivity index (χ1) is 8.80. The Kier molecular flexibility index (Phi) is 3.37. The summed E-state index contributed by atoms with van der Waals surface area (Å²) >= 11 is 0. The van der Waals surface area contributed by atoms with Crippen LogP contribution in [0.15, 0.2) is 10.6 Å². The van der Waals surface area contributed by atoms with Crippen molar-refractivity contribution in [3.8, 4) is 0 Å². The van der Waals surface area contributed by atoms with Crippen molar-refractivity contribution in [2.24, 2.45) is 0 Å². The fourth-order valence-corrected chi connectivity index (χ4v) is 2.57. The second kappa shape index (κ2) is 4.99. The molecule has 1 N–H and O–H groups in total. The average Bonchev–Trinajstić information content (AvgIpc) is 2.67. The highest BCUT2D eigenvalue weighted by Crippen LogP contribution is 2.28. The number of hydrogen-bond acceptors (Lipinski definition) is 5. The largest absolute Gasteiger partial charge is 0.377 e. The highest BCUT2D eigenvalue weighted by molar-refractivity contribution is 5.12. The van der Waals surface area contributed by atoms with Gasteiger partial charge in [-0.1, -0.05) is 11.6 Å². The molecule has 1 aromatic heterocycles. The van der Waals surface area contributed by atoms with Gasteiger partial charge in [0.2, 0.25) is 0 Å². The van der Waals surface area contributed by atoms with Gasteiger partial charge in [0.15, 0.2) is 5.76 Å². The Bertz CT molecular complexity index is 397. The van der Waals surface area contributed by atoms with Crippen LogP contribution in [0.3, 0.4) is 0 Å². The summed E-state index contributed by atoms with van der Waals surface area (Å²) in [4.78, 5) is 0. The zero-order chi connectivity index (χ0) is 12.4. The number of nitrogens with one attached hydrogen (secondary N) is 1. The van der Waals surface area contributed by atoms with Crippen molar-refractivity contribution in [3.05, 3.63) is 17.5 Å². The van der Waals surface area contributed by atoms with Crippen molar-refractivity contribution in [2.45, 2.75) is 43.9 Å². The quantitative estimate of drug-likeness (QED) is 0.826. The molecule has 0 radical (unpaired) electrons. The lowest BCUT2D eigenvalue weighted by Gasteiger charge is -2.46. The molecule has 0 amide bonds. The van der Waals surface area contributed by atoms with Crippen LogP contribution in [-0.2, 0) is 22.5 Å². The fraction of sp³-hybridized carbons (Fsp3) is 0.769. The Balaban J connectivity index is 1.61. The minimum absolute atomic E-state index is 0.0757. The van der Waals surface area contributed by atoms with Gasteiger partial charge in [-0.2, -0.15) is 0 Å². The van der Waals surface area contributed by atoms with Crippen molar-refractivity contribution < 1.29 is 14.0 Å². The van der Waals surface area contributed by atoms with E-state index in [-0.39, 0.29) is 5.54 Å². The SMILES string of the molecule is COCc1cc(CC2(NC3CCC3)COC2)no1. The molecular formula is C13H20N2O3. The third kappa shape index (κ3) is 2.43. The number of rotatable bonds is 6. The molecule has 5 heteroatoms. The van der Waals surface area contributed by atoms with Gasteiger partial charge in [0.25, 0.3) is 0 Å². The fourth-order valence-electron chi connectivity index (χ4n) is 2.57. The van der Waals surface area contributed by atoms with E-state index in [0.717, 1.165) is 31.1 Å². The summed E-state index contributed by atoms with van der Waals surface area (Å²) in [5, 5.41) is 7.82. The molecule has 0 aromatic carbocycles.